The maximum atomic E-state index is 6.49. The van der Waals surface area contributed by atoms with Crippen molar-refractivity contribution >= 4 is 11.3 Å². The van der Waals surface area contributed by atoms with Crippen LogP contribution in [-0.4, -0.2) is 17.7 Å². The fourth-order valence-corrected chi connectivity index (χ4v) is 3.07. The van der Waals surface area contributed by atoms with E-state index >= 15 is 0 Å². The molecule has 1 aromatic heterocycles. The topological polar surface area (TPSA) is 48.1 Å². The Labute approximate surface area is 101 Å². The molecule has 0 bridgehead atoms. The van der Waals surface area contributed by atoms with Gasteiger partial charge in [-0.25, -0.2) is 4.98 Å². The summed E-state index contributed by atoms with van der Waals surface area (Å²) in [5, 5.41) is 3.14. The maximum absolute atomic E-state index is 6.49. The molecule has 2 N–H and O–H groups in total. The van der Waals surface area contributed by atoms with Gasteiger partial charge in [-0.2, -0.15) is 0 Å². The Morgan fingerprint density at radius 3 is 2.94 bits per heavy atom. The molecule has 90 valence electrons. The molecular weight excluding hydrogens is 220 g/mol. The van der Waals surface area contributed by atoms with Gasteiger partial charge in [0.2, 0.25) is 0 Å². The highest BCUT2D eigenvalue weighted by molar-refractivity contribution is 7.09. The molecule has 2 heterocycles. The largest absolute Gasteiger partial charge is 0.378 e. The minimum Gasteiger partial charge on any atom is -0.378 e. The van der Waals surface area contributed by atoms with Crippen molar-refractivity contribution in [1.29, 1.82) is 0 Å². The van der Waals surface area contributed by atoms with Crippen LogP contribution >= 0.6 is 11.3 Å². The molecule has 1 aliphatic heterocycles. The molecule has 1 aromatic rings. The van der Waals surface area contributed by atoms with Crippen molar-refractivity contribution in [3.8, 4) is 0 Å². The van der Waals surface area contributed by atoms with E-state index in [1.807, 2.05) is 6.92 Å². The van der Waals surface area contributed by atoms with E-state index in [2.05, 4.69) is 24.2 Å². The van der Waals surface area contributed by atoms with Gasteiger partial charge in [-0.15, -0.1) is 11.3 Å². The van der Waals surface area contributed by atoms with Gasteiger partial charge in [-0.1, -0.05) is 13.8 Å². The van der Waals surface area contributed by atoms with Crippen molar-refractivity contribution in [2.24, 2.45) is 11.7 Å². The van der Waals surface area contributed by atoms with E-state index in [0.717, 1.165) is 30.2 Å². The molecular formula is C12H20N2OS. The van der Waals surface area contributed by atoms with E-state index in [1.54, 1.807) is 11.3 Å². The van der Waals surface area contributed by atoms with Gasteiger partial charge in [0.15, 0.2) is 0 Å². The van der Waals surface area contributed by atoms with E-state index in [-0.39, 0.29) is 11.6 Å². The number of nitrogens with zero attached hydrogens (tertiary/aromatic N) is 1. The number of thiazole rings is 1. The molecule has 0 spiro atoms. The van der Waals surface area contributed by atoms with E-state index in [0.29, 0.717) is 5.92 Å². The Balaban J connectivity index is 2.18. The lowest BCUT2D eigenvalue weighted by Gasteiger charge is -2.38. The molecule has 16 heavy (non-hydrogen) atoms. The average Bonchev–Trinajstić information content (AvgIpc) is 2.65. The molecule has 3 nitrogen and oxygen atoms in total. The van der Waals surface area contributed by atoms with Crippen LogP contribution in [0, 0.1) is 12.8 Å². The van der Waals surface area contributed by atoms with Crippen molar-refractivity contribution in [2.75, 3.05) is 6.61 Å². The lowest BCUT2D eigenvalue weighted by Crippen LogP contribution is -2.47. The monoisotopic (exact) mass is 240 g/mol. The zero-order chi connectivity index (χ0) is 11.8. The number of aryl methyl sites for hydroxylation is 1. The van der Waals surface area contributed by atoms with Crippen molar-refractivity contribution in [3.63, 3.8) is 0 Å². The van der Waals surface area contributed by atoms with E-state index in [1.165, 1.54) is 0 Å². The van der Waals surface area contributed by atoms with Crippen LogP contribution in [0.1, 0.15) is 37.4 Å². The summed E-state index contributed by atoms with van der Waals surface area (Å²) in [6.07, 6.45) is 2.03. The smallest absolute Gasteiger partial charge is 0.113 e. The summed E-state index contributed by atoms with van der Waals surface area (Å²) in [7, 11) is 0. The van der Waals surface area contributed by atoms with Crippen LogP contribution in [-0.2, 0) is 10.3 Å². The van der Waals surface area contributed by atoms with Crippen LogP contribution in [0.3, 0.4) is 0 Å². The SMILES string of the molecule is Cc1csc(C2(N)CCOC(C(C)C)C2)n1. The van der Waals surface area contributed by atoms with Gasteiger partial charge in [0.05, 0.1) is 11.6 Å². The molecule has 1 saturated heterocycles. The first-order valence-corrected chi connectivity index (χ1v) is 6.72. The second kappa shape index (κ2) is 4.43. The Kier molecular flexibility index (Phi) is 3.33. The highest BCUT2D eigenvalue weighted by Crippen LogP contribution is 2.35. The highest BCUT2D eigenvalue weighted by Gasteiger charge is 2.38. The third kappa shape index (κ3) is 2.29. The van der Waals surface area contributed by atoms with Gasteiger partial charge >= 0.3 is 0 Å². The summed E-state index contributed by atoms with van der Waals surface area (Å²) < 4.78 is 5.76. The van der Waals surface area contributed by atoms with Gasteiger partial charge in [-0.05, 0) is 25.7 Å². The standard InChI is InChI=1S/C12H20N2OS/c1-8(2)10-6-12(13,4-5-15-10)11-14-9(3)7-16-11/h7-8,10H,4-6,13H2,1-3H3. The van der Waals surface area contributed by atoms with Crippen LogP contribution in [0.25, 0.3) is 0 Å². The predicted octanol–water partition coefficient (Wildman–Crippen LogP) is 2.44. The van der Waals surface area contributed by atoms with Gasteiger partial charge in [0, 0.05) is 17.7 Å². The molecule has 4 heteroatoms. The van der Waals surface area contributed by atoms with Crippen LogP contribution in [0.5, 0.6) is 0 Å². The molecule has 1 aliphatic rings. The van der Waals surface area contributed by atoms with Crippen molar-refractivity contribution in [2.45, 2.75) is 45.3 Å². The Morgan fingerprint density at radius 2 is 2.38 bits per heavy atom. The van der Waals surface area contributed by atoms with Gasteiger partial charge in [-0.3, -0.25) is 0 Å². The molecule has 0 radical (unpaired) electrons. The molecule has 0 amide bonds. The number of hydrogen-bond acceptors (Lipinski definition) is 4. The molecule has 2 atom stereocenters. The summed E-state index contributed by atoms with van der Waals surface area (Å²) in [4.78, 5) is 4.54. The number of hydrogen-bond donors (Lipinski definition) is 1. The molecule has 1 fully saturated rings. The lowest BCUT2D eigenvalue weighted by molar-refractivity contribution is -0.0438. The van der Waals surface area contributed by atoms with Crippen LogP contribution < -0.4 is 5.73 Å². The minimum atomic E-state index is -0.272. The summed E-state index contributed by atoms with van der Waals surface area (Å²) >= 11 is 1.68. The Bertz CT molecular complexity index is 364. The van der Waals surface area contributed by atoms with E-state index in [4.69, 9.17) is 10.5 Å². The van der Waals surface area contributed by atoms with E-state index in [9.17, 15) is 0 Å². The quantitative estimate of drug-likeness (QED) is 0.863. The minimum absolute atomic E-state index is 0.267. The second-order valence-corrected chi connectivity index (χ2v) is 5.92. The van der Waals surface area contributed by atoms with Gasteiger partial charge < -0.3 is 10.5 Å². The van der Waals surface area contributed by atoms with Crippen molar-refractivity contribution in [1.82, 2.24) is 4.98 Å². The van der Waals surface area contributed by atoms with E-state index < -0.39 is 0 Å². The summed E-state index contributed by atoms with van der Waals surface area (Å²) in [6.45, 7) is 7.13. The number of nitrogens with two attached hydrogens (primary N) is 1. The number of rotatable bonds is 2. The van der Waals surface area contributed by atoms with Crippen LogP contribution in [0.4, 0.5) is 0 Å². The van der Waals surface area contributed by atoms with Crippen LogP contribution in [0.15, 0.2) is 5.38 Å². The van der Waals surface area contributed by atoms with Gasteiger partial charge in [0.25, 0.3) is 0 Å². The predicted molar refractivity (Wildman–Crippen MR) is 66.5 cm³/mol. The number of ether oxygens (including phenoxy) is 1. The zero-order valence-electron chi connectivity index (χ0n) is 10.2. The highest BCUT2D eigenvalue weighted by atomic mass is 32.1. The normalized spacial score (nSPS) is 30.9. The second-order valence-electron chi connectivity index (χ2n) is 5.06. The van der Waals surface area contributed by atoms with Crippen molar-refractivity contribution in [3.05, 3.63) is 16.1 Å². The lowest BCUT2D eigenvalue weighted by atomic mass is 9.84. The average molecular weight is 240 g/mol. The number of aromatic nitrogens is 1. The summed E-state index contributed by atoms with van der Waals surface area (Å²) in [5.41, 5.74) is 7.29. The third-order valence-corrected chi connectivity index (χ3v) is 4.41. The van der Waals surface area contributed by atoms with Crippen molar-refractivity contribution < 1.29 is 4.74 Å². The Hall–Kier alpha value is -0.450. The first-order valence-electron chi connectivity index (χ1n) is 5.84. The first kappa shape index (κ1) is 12.0. The molecule has 0 aromatic carbocycles. The molecule has 2 unspecified atom stereocenters. The molecule has 0 aliphatic carbocycles. The summed E-state index contributed by atoms with van der Waals surface area (Å²) in [5.74, 6) is 0.518. The fraction of sp³-hybridized carbons (Fsp3) is 0.750. The fourth-order valence-electron chi connectivity index (χ4n) is 2.12. The zero-order valence-corrected chi connectivity index (χ0v) is 11.0. The molecule has 0 saturated carbocycles. The Morgan fingerprint density at radius 1 is 1.62 bits per heavy atom. The first-order chi connectivity index (χ1) is 7.51. The van der Waals surface area contributed by atoms with Gasteiger partial charge in [0.1, 0.15) is 5.01 Å². The third-order valence-electron chi connectivity index (χ3n) is 3.23. The molecule has 2 rings (SSSR count). The van der Waals surface area contributed by atoms with Crippen LogP contribution in [0.2, 0.25) is 0 Å². The summed E-state index contributed by atoms with van der Waals surface area (Å²) in [6, 6.07) is 0. The maximum Gasteiger partial charge on any atom is 0.113 e.